The summed E-state index contributed by atoms with van der Waals surface area (Å²) in [6.07, 6.45) is 4.45. The molecule has 3 rings (SSSR count). The van der Waals surface area contributed by atoms with Gasteiger partial charge in [-0.05, 0) is 56.2 Å². The lowest BCUT2D eigenvalue weighted by molar-refractivity contribution is -0.146. The zero-order valence-electron chi connectivity index (χ0n) is 16.6. The van der Waals surface area contributed by atoms with E-state index in [1.165, 1.54) is 11.8 Å². The number of hydrogen-bond donors (Lipinski definition) is 3. The normalized spacial score (nSPS) is 19.0. The van der Waals surface area contributed by atoms with Crippen LogP contribution in [0.15, 0.2) is 71.6 Å². The number of aliphatic carboxylic acids is 1. The summed E-state index contributed by atoms with van der Waals surface area (Å²) in [5, 5.41) is 14.7. The number of thioether (sulfide) groups is 1. The Morgan fingerprint density at radius 3 is 2.13 bits per heavy atom. The lowest BCUT2D eigenvalue weighted by atomic mass is 9.82. The summed E-state index contributed by atoms with van der Waals surface area (Å²) in [4.78, 5) is 37.2. The van der Waals surface area contributed by atoms with E-state index in [1.807, 2.05) is 61.5 Å². The molecule has 0 aliphatic heterocycles. The molecule has 0 radical (unpaired) electrons. The Morgan fingerprint density at radius 2 is 1.50 bits per heavy atom. The first kappa shape index (κ1) is 21.6. The molecule has 0 heterocycles. The van der Waals surface area contributed by atoms with Crippen LogP contribution in [0.1, 0.15) is 19.8 Å². The second kappa shape index (κ2) is 10.1. The number of para-hydroxylation sites is 1. The van der Waals surface area contributed by atoms with Crippen molar-refractivity contribution in [1.82, 2.24) is 0 Å². The average Bonchev–Trinajstić information content (AvgIpc) is 2.75. The number of carboxylic acid groups (broad SMARTS) is 1. The molecular formula is C23H24N2O4S. The number of benzene rings is 2. The second-order valence-corrected chi connectivity index (χ2v) is 8.54. The third-order valence-corrected chi connectivity index (χ3v) is 6.04. The molecule has 0 spiro atoms. The summed E-state index contributed by atoms with van der Waals surface area (Å²) in [7, 11) is 0. The molecule has 0 fully saturated rings. The Bertz CT molecular complexity index is 928. The van der Waals surface area contributed by atoms with Crippen LogP contribution < -0.4 is 10.6 Å². The van der Waals surface area contributed by atoms with E-state index in [9.17, 15) is 19.5 Å². The Labute approximate surface area is 179 Å². The predicted octanol–water partition coefficient (Wildman–Crippen LogP) is 4.41. The van der Waals surface area contributed by atoms with Gasteiger partial charge in [-0.25, -0.2) is 0 Å². The van der Waals surface area contributed by atoms with Gasteiger partial charge in [0.2, 0.25) is 11.8 Å². The van der Waals surface area contributed by atoms with Gasteiger partial charge in [-0.3, -0.25) is 14.4 Å². The highest BCUT2D eigenvalue weighted by molar-refractivity contribution is 8.00. The van der Waals surface area contributed by atoms with E-state index in [0.29, 0.717) is 18.5 Å². The van der Waals surface area contributed by atoms with Crippen molar-refractivity contribution in [3.63, 3.8) is 0 Å². The van der Waals surface area contributed by atoms with Crippen LogP contribution in [0.3, 0.4) is 0 Å². The van der Waals surface area contributed by atoms with Crippen molar-refractivity contribution in [2.45, 2.75) is 29.9 Å². The first-order valence-corrected chi connectivity index (χ1v) is 10.6. The van der Waals surface area contributed by atoms with E-state index >= 15 is 0 Å². The molecule has 0 aromatic heterocycles. The van der Waals surface area contributed by atoms with Crippen molar-refractivity contribution < 1.29 is 19.5 Å². The van der Waals surface area contributed by atoms with Crippen molar-refractivity contribution in [2.24, 2.45) is 11.8 Å². The van der Waals surface area contributed by atoms with Crippen molar-refractivity contribution in [2.75, 3.05) is 10.6 Å². The third kappa shape index (κ3) is 5.73. The molecule has 3 N–H and O–H groups in total. The molecule has 156 valence electrons. The first-order chi connectivity index (χ1) is 14.4. The van der Waals surface area contributed by atoms with Gasteiger partial charge in [-0.1, -0.05) is 30.4 Å². The minimum atomic E-state index is -0.950. The molecular weight excluding hydrogens is 400 g/mol. The van der Waals surface area contributed by atoms with Gasteiger partial charge in [-0.2, -0.15) is 0 Å². The summed E-state index contributed by atoms with van der Waals surface area (Å²) < 4.78 is 0. The highest BCUT2D eigenvalue weighted by Crippen LogP contribution is 2.29. The monoisotopic (exact) mass is 424 g/mol. The molecule has 2 aromatic rings. The molecule has 3 atom stereocenters. The van der Waals surface area contributed by atoms with E-state index in [0.717, 1.165) is 10.6 Å². The molecule has 2 aromatic carbocycles. The number of nitrogens with one attached hydrogen (secondary N) is 2. The number of allylic oxidation sites excluding steroid dienone is 2. The number of amides is 2. The van der Waals surface area contributed by atoms with Gasteiger partial charge in [0, 0.05) is 16.3 Å². The Hall–Kier alpha value is -3.06. The van der Waals surface area contributed by atoms with Crippen LogP contribution in [-0.4, -0.2) is 28.1 Å². The topological polar surface area (TPSA) is 95.5 Å². The van der Waals surface area contributed by atoms with Crippen molar-refractivity contribution >= 4 is 40.9 Å². The smallest absolute Gasteiger partial charge is 0.307 e. The minimum absolute atomic E-state index is 0.0892. The lowest BCUT2D eigenvalue weighted by Crippen LogP contribution is -2.34. The van der Waals surface area contributed by atoms with Gasteiger partial charge in [-0.15, -0.1) is 11.8 Å². The summed E-state index contributed by atoms with van der Waals surface area (Å²) in [6.45, 7) is 1.83. The zero-order chi connectivity index (χ0) is 21.5. The molecule has 0 bridgehead atoms. The van der Waals surface area contributed by atoms with Gasteiger partial charge in [0.15, 0.2) is 0 Å². The van der Waals surface area contributed by atoms with Gasteiger partial charge in [0.1, 0.15) is 0 Å². The summed E-state index contributed by atoms with van der Waals surface area (Å²) >= 11 is 1.42. The van der Waals surface area contributed by atoms with Crippen LogP contribution in [-0.2, 0) is 14.4 Å². The van der Waals surface area contributed by atoms with Gasteiger partial charge >= 0.3 is 5.97 Å². The van der Waals surface area contributed by atoms with Crippen molar-refractivity contribution in [1.29, 1.82) is 0 Å². The van der Waals surface area contributed by atoms with E-state index in [-0.39, 0.29) is 17.1 Å². The van der Waals surface area contributed by atoms with Crippen LogP contribution >= 0.6 is 11.8 Å². The maximum atomic E-state index is 12.5. The number of rotatable bonds is 7. The summed E-state index contributed by atoms with van der Waals surface area (Å²) in [5.74, 6) is -2.61. The standard InChI is InChI=1S/C23H24N2O4S/c1-15(21(26)24-16-7-3-2-4-8-16)30-18-13-11-17(12-14-18)25-22(27)19-9-5-6-10-20(19)23(28)29/h2-8,11-15,19-20H,9-10H2,1H3,(H,24,26)(H,25,27)(H,28,29). The fourth-order valence-electron chi connectivity index (χ4n) is 3.25. The fourth-order valence-corrected chi connectivity index (χ4v) is 4.12. The van der Waals surface area contributed by atoms with Crippen LogP contribution in [0, 0.1) is 11.8 Å². The average molecular weight is 425 g/mol. The SMILES string of the molecule is CC(Sc1ccc(NC(=O)C2CC=CCC2C(=O)O)cc1)C(=O)Nc1ccccc1. The number of carbonyl (C=O) groups excluding carboxylic acids is 2. The summed E-state index contributed by atoms with van der Waals surface area (Å²) in [6, 6.07) is 16.5. The molecule has 0 saturated heterocycles. The molecule has 6 nitrogen and oxygen atoms in total. The minimum Gasteiger partial charge on any atom is -0.481 e. The Kier molecular flexibility index (Phi) is 7.30. The van der Waals surface area contributed by atoms with E-state index in [2.05, 4.69) is 10.6 Å². The second-order valence-electron chi connectivity index (χ2n) is 7.12. The fraction of sp³-hybridized carbons (Fsp3) is 0.261. The molecule has 2 amide bonds. The summed E-state index contributed by atoms with van der Waals surface area (Å²) in [5.41, 5.74) is 1.36. The number of carboxylic acids is 1. The lowest BCUT2D eigenvalue weighted by Gasteiger charge is -2.24. The van der Waals surface area contributed by atoms with Gasteiger partial charge in [0.05, 0.1) is 17.1 Å². The molecule has 3 unspecified atom stereocenters. The maximum Gasteiger partial charge on any atom is 0.307 e. The highest BCUT2D eigenvalue weighted by Gasteiger charge is 2.33. The van der Waals surface area contributed by atoms with Crippen LogP contribution in [0.25, 0.3) is 0 Å². The Morgan fingerprint density at radius 1 is 0.900 bits per heavy atom. The van der Waals surface area contributed by atoms with Gasteiger partial charge in [0.25, 0.3) is 0 Å². The first-order valence-electron chi connectivity index (χ1n) is 9.75. The Balaban J connectivity index is 1.55. The van der Waals surface area contributed by atoms with Crippen molar-refractivity contribution in [3.8, 4) is 0 Å². The van der Waals surface area contributed by atoms with Gasteiger partial charge < -0.3 is 15.7 Å². The number of carbonyl (C=O) groups is 3. The molecule has 1 aliphatic carbocycles. The molecule has 7 heteroatoms. The number of hydrogen-bond acceptors (Lipinski definition) is 4. The van der Waals surface area contributed by atoms with Crippen LogP contribution in [0.5, 0.6) is 0 Å². The number of anilines is 2. The highest BCUT2D eigenvalue weighted by atomic mass is 32.2. The van der Waals surface area contributed by atoms with E-state index in [1.54, 1.807) is 12.1 Å². The van der Waals surface area contributed by atoms with E-state index < -0.39 is 17.8 Å². The van der Waals surface area contributed by atoms with Crippen LogP contribution in [0.2, 0.25) is 0 Å². The maximum absolute atomic E-state index is 12.5. The molecule has 1 aliphatic rings. The largest absolute Gasteiger partial charge is 0.481 e. The predicted molar refractivity (Wildman–Crippen MR) is 118 cm³/mol. The zero-order valence-corrected chi connectivity index (χ0v) is 17.4. The van der Waals surface area contributed by atoms with E-state index in [4.69, 9.17) is 0 Å². The van der Waals surface area contributed by atoms with Crippen LogP contribution in [0.4, 0.5) is 11.4 Å². The molecule has 30 heavy (non-hydrogen) atoms. The van der Waals surface area contributed by atoms with Crippen molar-refractivity contribution in [3.05, 3.63) is 66.7 Å². The molecule has 0 saturated carbocycles. The quantitative estimate of drug-likeness (QED) is 0.452. The third-order valence-electron chi connectivity index (χ3n) is 4.93.